The van der Waals surface area contributed by atoms with E-state index in [0.717, 1.165) is 18.9 Å². The van der Waals surface area contributed by atoms with Crippen LogP contribution in [0.15, 0.2) is 0 Å². The van der Waals surface area contributed by atoms with Crippen LogP contribution in [0.3, 0.4) is 0 Å². The zero-order valence-electron chi connectivity index (χ0n) is 9.60. The van der Waals surface area contributed by atoms with Crippen molar-refractivity contribution in [2.75, 3.05) is 20.8 Å². The lowest BCUT2D eigenvalue weighted by molar-refractivity contribution is 0.179. The molecule has 0 aromatic heterocycles. The average Bonchev–Trinajstić information content (AvgIpc) is 2.12. The van der Waals surface area contributed by atoms with Crippen LogP contribution in [0, 0.1) is 5.92 Å². The molecule has 1 N–H and O–H groups in total. The maximum atomic E-state index is 5.08. The van der Waals surface area contributed by atoms with Crippen LogP contribution in [-0.4, -0.2) is 26.8 Å². The van der Waals surface area contributed by atoms with Gasteiger partial charge in [0.15, 0.2) is 0 Å². The molecular weight excluding hydrogens is 162 g/mol. The summed E-state index contributed by atoms with van der Waals surface area (Å²) in [4.78, 5) is 0. The maximum absolute atomic E-state index is 5.08. The average molecular weight is 187 g/mol. The Kier molecular flexibility index (Phi) is 8.46. The lowest BCUT2D eigenvalue weighted by atomic mass is 9.96. The molecule has 0 aliphatic heterocycles. The number of methoxy groups -OCH3 is 1. The molecular formula is C11H25NO. The summed E-state index contributed by atoms with van der Waals surface area (Å²) in [5.74, 6) is 0.833. The van der Waals surface area contributed by atoms with Crippen molar-refractivity contribution in [1.29, 1.82) is 0 Å². The van der Waals surface area contributed by atoms with E-state index in [9.17, 15) is 0 Å². The molecule has 0 aliphatic carbocycles. The molecule has 0 amide bonds. The second kappa shape index (κ2) is 8.52. The van der Waals surface area contributed by atoms with Gasteiger partial charge in [0.2, 0.25) is 0 Å². The molecule has 2 atom stereocenters. The van der Waals surface area contributed by atoms with Crippen LogP contribution in [-0.2, 0) is 4.74 Å². The van der Waals surface area contributed by atoms with Crippen molar-refractivity contribution < 1.29 is 4.74 Å². The Labute approximate surface area is 83.1 Å². The van der Waals surface area contributed by atoms with Crippen LogP contribution >= 0.6 is 0 Å². The molecule has 0 bridgehead atoms. The molecule has 0 radical (unpaired) electrons. The van der Waals surface area contributed by atoms with Crippen LogP contribution in [0.1, 0.15) is 39.5 Å². The fraction of sp³-hybridized carbons (Fsp3) is 1.00. The zero-order valence-corrected chi connectivity index (χ0v) is 9.60. The van der Waals surface area contributed by atoms with E-state index in [1.54, 1.807) is 7.11 Å². The van der Waals surface area contributed by atoms with Gasteiger partial charge in [0.1, 0.15) is 0 Å². The first-order chi connectivity index (χ1) is 6.24. The van der Waals surface area contributed by atoms with Crippen LogP contribution in [0.25, 0.3) is 0 Å². The first-order valence-corrected chi connectivity index (χ1v) is 5.40. The number of ether oxygens (including phenoxy) is 1. The van der Waals surface area contributed by atoms with E-state index in [-0.39, 0.29) is 0 Å². The summed E-state index contributed by atoms with van der Waals surface area (Å²) >= 11 is 0. The third-order valence-electron chi connectivity index (χ3n) is 2.55. The van der Waals surface area contributed by atoms with Crippen LogP contribution in [0.2, 0.25) is 0 Å². The summed E-state index contributed by atoms with van der Waals surface area (Å²) in [5.41, 5.74) is 0. The molecule has 80 valence electrons. The van der Waals surface area contributed by atoms with Gasteiger partial charge in [-0.1, -0.05) is 26.7 Å². The maximum Gasteiger partial charge on any atom is 0.0477 e. The number of hydrogen-bond acceptors (Lipinski definition) is 2. The van der Waals surface area contributed by atoms with Gasteiger partial charge >= 0.3 is 0 Å². The lowest BCUT2D eigenvalue weighted by Gasteiger charge is -2.19. The SMILES string of the molecule is CCCC(C)CC(CCOC)NC. The first-order valence-electron chi connectivity index (χ1n) is 5.40. The zero-order chi connectivity index (χ0) is 10.1. The summed E-state index contributed by atoms with van der Waals surface area (Å²) in [6.45, 7) is 5.45. The van der Waals surface area contributed by atoms with Gasteiger partial charge in [-0.2, -0.15) is 0 Å². The molecule has 2 unspecified atom stereocenters. The summed E-state index contributed by atoms with van der Waals surface area (Å²) < 4.78 is 5.08. The third kappa shape index (κ3) is 7.03. The Morgan fingerprint density at radius 2 is 2.00 bits per heavy atom. The fourth-order valence-corrected chi connectivity index (χ4v) is 1.74. The molecule has 0 heterocycles. The van der Waals surface area contributed by atoms with Gasteiger partial charge in [-0.3, -0.25) is 0 Å². The van der Waals surface area contributed by atoms with Crippen LogP contribution < -0.4 is 5.32 Å². The summed E-state index contributed by atoms with van der Waals surface area (Å²) in [5, 5.41) is 3.35. The topological polar surface area (TPSA) is 21.3 Å². The molecule has 2 nitrogen and oxygen atoms in total. The molecule has 0 fully saturated rings. The molecule has 0 saturated carbocycles. The van der Waals surface area contributed by atoms with E-state index in [1.165, 1.54) is 19.3 Å². The second-order valence-electron chi connectivity index (χ2n) is 3.90. The normalized spacial score (nSPS) is 15.7. The van der Waals surface area contributed by atoms with Gasteiger partial charge in [0, 0.05) is 19.8 Å². The van der Waals surface area contributed by atoms with Gasteiger partial charge in [0.25, 0.3) is 0 Å². The third-order valence-corrected chi connectivity index (χ3v) is 2.55. The molecule has 0 aromatic rings. The smallest absolute Gasteiger partial charge is 0.0477 e. The monoisotopic (exact) mass is 187 g/mol. The Morgan fingerprint density at radius 3 is 2.46 bits per heavy atom. The van der Waals surface area contributed by atoms with Crippen molar-refractivity contribution in [3.63, 3.8) is 0 Å². The Balaban J connectivity index is 3.56. The molecule has 0 rings (SSSR count). The van der Waals surface area contributed by atoms with E-state index in [2.05, 4.69) is 19.2 Å². The van der Waals surface area contributed by atoms with Crippen molar-refractivity contribution in [2.45, 2.75) is 45.6 Å². The predicted molar refractivity (Wildman–Crippen MR) is 58.0 cm³/mol. The second-order valence-corrected chi connectivity index (χ2v) is 3.90. The largest absolute Gasteiger partial charge is 0.385 e. The van der Waals surface area contributed by atoms with Crippen molar-refractivity contribution in [3.05, 3.63) is 0 Å². The van der Waals surface area contributed by atoms with Crippen LogP contribution in [0.5, 0.6) is 0 Å². The minimum Gasteiger partial charge on any atom is -0.385 e. The Bertz CT molecular complexity index is 106. The number of hydrogen-bond donors (Lipinski definition) is 1. The van der Waals surface area contributed by atoms with Crippen molar-refractivity contribution in [2.24, 2.45) is 5.92 Å². The Hall–Kier alpha value is -0.0800. The summed E-state index contributed by atoms with van der Waals surface area (Å²) in [7, 11) is 3.81. The minimum atomic E-state index is 0.626. The van der Waals surface area contributed by atoms with E-state index in [4.69, 9.17) is 4.74 Å². The number of rotatable bonds is 8. The van der Waals surface area contributed by atoms with Gasteiger partial charge in [-0.15, -0.1) is 0 Å². The van der Waals surface area contributed by atoms with Gasteiger partial charge in [0.05, 0.1) is 0 Å². The molecule has 13 heavy (non-hydrogen) atoms. The van der Waals surface area contributed by atoms with E-state index < -0.39 is 0 Å². The van der Waals surface area contributed by atoms with Crippen molar-refractivity contribution in [1.82, 2.24) is 5.32 Å². The molecule has 0 aliphatic rings. The van der Waals surface area contributed by atoms with Crippen molar-refractivity contribution in [3.8, 4) is 0 Å². The highest BCUT2D eigenvalue weighted by atomic mass is 16.5. The van der Waals surface area contributed by atoms with E-state index >= 15 is 0 Å². The number of nitrogens with one attached hydrogen (secondary N) is 1. The highest BCUT2D eigenvalue weighted by molar-refractivity contribution is 4.67. The van der Waals surface area contributed by atoms with E-state index in [1.807, 2.05) is 7.05 Å². The predicted octanol–water partition coefficient (Wildman–Crippen LogP) is 2.44. The lowest BCUT2D eigenvalue weighted by Crippen LogP contribution is -2.28. The summed E-state index contributed by atoms with van der Waals surface area (Å²) in [6, 6.07) is 0.626. The molecule has 2 heteroatoms. The highest BCUT2D eigenvalue weighted by Crippen LogP contribution is 2.14. The van der Waals surface area contributed by atoms with Gasteiger partial charge in [-0.25, -0.2) is 0 Å². The van der Waals surface area contributed by atoms with Gasteiger partial charge < -0.3 is 10.1 Å². The molecule has 0 saturated heterocycles. The fourth-order valence-electron chi connectivity index (χ4n) is 1.74. The highest BCUT2D eigenvalue weighted by Gasteiger charge is 2.10. The standard InChI is InChI=1S/C11H25NO/c1-5-6-10(2)9-11(12-3)7-8-13-4/h10-12H,5-9H2,1-4H3. The van der Waals surface area contributed by atoms with Crippen LogP contribution in [0.4, 0.5) is 0 Å². The van der Waals surface area contributed by atoms with Gasteiger partial charge in [-0.05, 0) is 25.8 Å². The van der Waals surface area contributed by atoms with Crippen molar-refractivity contribution >= 4 is 0 Å². The molecule has 0 aromatic carbocycles. The first kappa shape index (κ1) is 12.9. The Morgan fingerprint density at radius 1 is 1.31 bits per heavy atom. The van der Waals surface area contributed by atoms with E-state index in [0.29, 0.717) is 6.04 Å². The molecule has 0 spiro atoms. The quantitative estimate of drug-likeness (QED) is 0.630. The summed E-state index contributed by atoms with van der Waals surface area (Å²) in [6.07, 6.45) is 5.03. The minimum absolute atomic E-state index is 0.626.